The van der Waals surface area contributed by atoms with Gasteiger partial charge in [-0.3, -0.25) is 0 Å². The highest BCUT2D eigenvalue weighted by Gasteiger charge is 2.28. The average Bonchev–Trinajstić information content (AvgIpc) is 3.46. The van der Waals surface area contributed by atoms with Crippen LogP contribution in [-0.4, -0.2) is 78.7 Å². The van der Waals surface area contributed by atoms with Gasteiger partial charge in [0, 0.05) is 55.8 Å². The molecule has 0 radical (unpaired) electrons. The monoisotopic (exact) mass is 546 g/mol. The zero-order valence-corrected chi connectivity index (χ0v) is 23.6. The van der Waals surface area contributed by atoms with E-state index in [1.54, 1.807) is 21.3 Å². The van der Waals surface area contributed by atoms with Gasteiger partial charge in [-0.1, -0.05) is 6.07 Å². The second kappa shape index (κ2) is 11.9. The van der Waals surface area contributed by atoms with E-state index >= 15 is 0 Å². The van der Waals surface area contributed by atoms with Crippen molar-refractivity contribution in [3.63, 3.8) is 0 Å². The van der Waals surface area contributed by atoms with E-state index in [9.17, 15) is 0 Å². The van der Waals surface area contributed by atoms with Crippen molar-refractivity contribution in [1.82, 2.24) is 24.5 Å². The number of hydrogen-bond donors (Lipinski definition) is 1. The molecular formula is C30H38N6O4. The number of anilines is 1. The molecule has 4 aromatic rings. The summed E-state index contributed by atoms with van der Waals surface area (Å²) in [5, 5.41) is 9.45. The van der Waals surface area contributed by atoms with Crippen LogP contribution in [0.1, 0.15) is 43.0 Å². The second-order valence-electron chi connectivity index (χ2n) is 10.7. The number of likely N-dealkylation sites (tertiary alicyclic amines) is 1. The molecular weight excluding hydrogens is 508 g/mol. The summed E-state index contributed by atoms with van der Waals surface area (Å²) in [6.45, 7) is 5.52. The first kappa shape index (κ1) is 26.6. The molecule has 2 aliphatic rings. The highest BCUT2D eigenvalue weighted by atomic mass is 16.5. The number of methoxy groups -OCH3 is 3. The third-order valence-corrected chi connectivity index (χ3v) is 8.16. The van der Waals surface area contributed by atoms with E-state index in [2.05, 4.69) is 10.2 Å². The summed E-state index contributed by atoms with van der Waals surface area (Å²) >= 11 is 0. The van der Waals surface area contributed by atoms with E-state index in [4.69, 9.17) is 34.0 Å². The highest BCUT2D eigenvalue weighted by molar-refractivity contribution is 5.96. The molecule has 0 aliphatic carbocycles. The smallest absolute Gasteiger partial charge is 0.226 e. The Hall–Kier alpha value is -3.63. The molecule has 2 aromatic heterocycles. The number of aromatic nitrogens is 4. The predicted octanol–water partition coefficient (Wildman–Crippen LogP) is 4.52. The van der Waals surface area contributed by atoms with Crippen molar-refractivity contribution in [2.24, 2.45) is 5.92 Å². The van der Waals surface area contributed by atoms with E-state index < -0.39 is 0 Å². The molecule has 2 fully saturated rings. The molecule has 40 heavy (non-hydrogen) atoms. The lowest BCUT2D eigenvalue weighted by Crippen LogP contribution is -2.39. The summed E-state index contributed by atoms with van der Waals surface area (Å²) in [6, 6.07) is 11.7. The molecule has 2 aromatic carbocycles. The summed E-state index contributed by atoms with van der Waals surface area (Å²) in [6.07, 6.45) is 4.54. The fourth-order valence-corrected chi connectivity index (χ4v) is 5.97. The van der Waals surface area contributed by atoms with Gasteiger partial charge in [0.2, 0.25) is 5.95 Å². The van der Waals surface area contributed by atoms with Crippen LogP contribution < -0.4 is 19.5 Å². The Bertz CT molecular complexity index is 1470. The van der Waals surface area contributed by atoms with Crippen LogP contribution in [0.4, 0.5) is 5.95 Å². The molecule has 0 spiro atoms. The van der Waals surface area contributed by atoms with E-state index in [-0.39, 0.29) is 5.92 Å². The molecule has 0 amide bonds. The first-order valence-corrected chi connectivity index (χ1v) is 14.1. The van der Waals surface area contributed by atoms with Gasteiger partial charge in [-0.05, 0) is 62.4 Å². The van der Waals surface area contributed by atoms with E-state index in [1.807, 2.05) is 40.9 Å². The van der Waals surface area contributed by atoms with Gasteiger partial charge in [0.25, 0.3) is 0 Å². The average molecular weight is 547 g/mol. The number of para-hydroxylation sites is 1. The van der Waals surface area contributed by atoms with Gasteiger partial charge in [-0.15, -0.1) is 5.10 Å². The quantitative estimate of drug-likeness (QED) is 0.325. The van der Waals surface area contributed by atoms with Gasteiger partial charge in [-0.25, -0.2) is 9.97 Å². The summed E-state index contributed by atoms with van der Waals surface area (Å²) in [4.78, 5) is 12.7. The van der Waals surface area contributed by atoms with Crippen LogP contribution in [0, 0.1) is 5.92 Å². The third-order valence-electron chi connectivity index (χ3n) is 8.16. The van der Waals surface area contributed by atoms with E-state index in [0.29, 0.717) is 24.2 Å². The minimum absolute atomic E-state index is 0.281. The van der Waals surface area contributed by atoms with Crippen LogP contribution in [0.3, 0.4) is 0 Å². The van der Waals surface area contributed by atoms with Gasteiger partial charge < -0.3 is 29.2 Å². The molecule has 0 bridgehead atoms. The van der Waals surface area contributed by atoms with Crippen LogP contribution in [0.5, 0.6) is 17.2 Å². The number of fused-ring (bicyclic) bond motifs is 3. The Morgan fingerprint density at radius 1 is 0.975 bits per heavy atom. The largest absolute Gasteiger partial charge is 0.497 e. The lowest BCUT2D eigenvalue weighted by Gasteiger charge is -2.35. The number of nitrogens with zero attached hydrogens (tertiary/aromatic N) is 5. The van der Waals surface area contributed by atoms with Crippen LogP contribution in [-0.2, 0) is 11.3 Å². The molecule has 4 heterocycles. The first-order chi connectivity index (χ1) is 19.7. The Morgan fingerprint density at radius 2 is 1.82 bits per heavy atom. The third kappa shape index (κ3) is 5.38. The van der Waals surface area contributed by atoms with E-state index in [1.165, 1.54) is 0 Å². The maximum absolute atomic E-state index is 5.67. The number of ether oxygens (including phenoxy) is 4. The van der Waals surface area contributed by atoms with Crippen molar-refractivity contribution in [2.45, 2.75) is 38.1 Å². The van der Waals surface area contributed by atoms with Crippen molar-refractivity contribution in [3.8, 4) is 17.2 Å². The lowest BCUT2D eigenvalue weighted by molar-refractivity contribution is 0.0480. The van der Waals surface area contributed by atoms with E-state index in [0.717, 1.165) is 98.0 Å². The molecule has 0 saturated carbocycles. The fourth-order valence-electron chi connectivity index (χ4n) is 5.97. The molecule has 2 aliphatic heterocycles. The molecule has 10 nitrogen and oxygen atoms in total. The molecule has 1 N–H and O–H groups in total. The predicted molar refractivity (Wildman–Crippen MR) is 154 cm³/mol. The standard InChI is InChI=1S/C30H38N6O4/c1-37-23-10-9-21(26(16-23)39-3)17-31-30-32-27-24(7-4-8-25(27)38-2)29-33-28(34-36(29)30)22-6-5-13-35(19-22)18-20-11-14-40-15-12-20/h4,7-10,16,20,22H,5-6,11-15,17-19H2,1-3H3,(H,31,32)/t22-/m1/s1. The SMILES string of the molecule is COc1ccc(CNc2nc3c(OC)cccc3c3nc([C@@H]4CCCN(CC5CCOCC5)C4)nn23)c(OC)c1. The first-order valence-electron chi connectivity index (χ1n) is 14.1. The molecule has 10 heteroatoms. The van der Waals surface area contributed by atoms with Crippen molar-refractivity contribution in [3.05, 3.63) is 47.8 Å². The number of hydrogen-bond acceptors (Lipinski definition) is 9. The Morgan fingerprint density at radius 3 is 2.62 bits per heavy atom. The Kier molecular flexibility index (Phi) is 7.88. The molecule has 2 saturated heterocycles. The van der Waals surface area contributed by atoms with Crippen molar-refractivity contribution in [2.75, 3.05) is 59.5 Å². The highest BCUT2D eigenvalue weighted by Crippen LogP contribution is 2.32. The maximum Gasteiger partial charge on any atom is 0.226 e. The van der Waals surface area contributed by atoms with Gasteiger partial charge in [0.15, 0.2) is 11.5 Å². The minimum Gasteiger partial charge on any atom is -0.497 e. The summed E-state index contributed by atoms with van der Waals surface area (Å²) in [7, 11) is 4.98. The van der Waals surface area contributed by atoms with Crippen molar-refractivity contribution < 1.29 is 18.9 Å². The zero-order valence-electron chi connectivity index (χ0n) is 23.6. The van der Waals surface area contributed by atoms with Gasteiger partial charge >= 0.3 is 0 Å². The van der Waals surface area contributed by atoms with Crippen LogP contribution >= 0.6 is 0 Å². The fraction of sp³-hybridized carbons (Fsp3) is 0.500. The normalized spacial score (nSPS) is 18.7. The minimum atomic E-state index is 0.281. The Labute approximate surface area is 234 Å². The molecule has 1 atom stereocenters. The number of nitrogens with one attached hydrogen (secondary N) is 1. The Balaban J connectivity index is 1.32. The van der Waals surface area contributed by atoms with Gasteiger partial charge in [0.05, 0.1) is 21.3 Å². The van der Waals surface area contributed by atoms with Crippen molar-refractivity contribution >= 4 is 22.5 Å². The number of benzene rings is 2. The topological polar surface area (TPSA) is 95.3 Å². The maximum atomic E-state index is 5.67. The van der Waals surface area contributed by atoms with Crippen LogP contribution in [0.25, 0.3) is 16.6 Å². The van der Waals surface area contributed by atoms with Crippen LogP contribution in [0.15, 0.2) is 36.4 Å². The van der Waals surface area contributed by atoms with Gasteiger partial charge in [-0.2, -0.15) is 4.52 Å². The molecule has 212 valence electrons. The van der Waals surface area contributed by atoms with Gasteiger partial charge in [0.1, 0.15) is 22.8 Å². The second-order valence-corrected chi connectivity index (χ2v) is 10.7. The molecule has 6 rings (SSSR count). The summed E-state index contributed by atoms with van der Waals surface area (Å²) < 4.78 is 24.1. The lowest BCUT2D eigenvalue weighted by atomic mass is 9.94. The van der Waals surface area contributed by atoms with Crippen molar-refractivity contribution in [1.29, 1.82) is 0 Å². The zero-order chi connectivity index (χ0) is 27.5. The molecule has 0 unspecified atom stereocenters. The summed E-state index contributed by atoms with van der Waals surface area (Å²) in [5.74, 6) is 4.67. The summed E-state index contributed by atoms with van der Waals surface area (Å²) in [5.41, 5.74) is 2.52. The number of rotatable bonds is 9. The number of piperidine rings is 1. The van der Waals surface area contributed by atoms with Crippen LogP contribution in [0.2, 0.25) is 0 Å².